The molecular weight excluding hydrogens is 504 g/mol. The largest absolute Gasteiger partial charge is 0.351 e. The lowest BCUT2D eigenvalue weighted by molar-refractivity contribution is -0.138. The van der Waals surface area contributed by atoms with E-state index in [0.29, 0.717) is 36.6 Å². The quantitative estimate of drug-likeness (QED) is 0.402. The predicted molar refractivity (Wildman–Crippen MR) is 151 cm³/mol. The number of likely N-dealkylation sites (tertiary alicyclic amines) is 2. The van der Waals surface area contributed by atoms with Crippen LogP contribution in [-0.2, 0) is 4.79 Å². The molecule has 2 saturated heterocycles. The maximum absolute atomic E-state index is 13.8. The molecule has 3 atom stereocenters. The van der Waals surface area contributed by atoms with E-state index in [0.717, 1.165) is 16.5 Å². The topological polar surface area (TPSA) is 111 Å². The van der Waals surface area contributed by atoms with Crippen molar-refractivity contribution in [2.75, 3.05) is 13.1 Å². The number of aromatic amines is 1. The zero-order chi connectivity index (χ0) is 28.0. The second kappa shape index (κ2) is 9.89. The van der Waals surface area contributed by atoms with E-state index in [1.54, 1.807) is 17.2 Å². The summed E-state index contributed by atoms with van der Waals surface area (Å²) in [5, 5.41) is 3.93. The summed E-state index contributed by atoms with van der Waals surface area (Å²) in [7, 11) is 0. The van der Waals surface area contributed by atoms with Crippen LogP contribution in [0.25, 0.3) is 22.2 Å². The molecule has 6 rings (SSSR count). The summed E-state index contributed by atoms with van der Waals surface area (Å²) in [5.74, 6) is -0.613. The van der Waals surface area contributed by atoms with Crippen LogP contribution in [-0.4, -0.2) is 73.7 Å². The Bertz CT molecular complexity index is 1540. The van der Waals surface area contributed by atoms with Crippen molar-refractivity contribution < 1.29 is 14.4 Å². The average Bonchev–Trinajstić information content (AvgIpc) is 3.69. The van der Waals surface area contributed by atoms with Crippen LogP contribution in [0.15, 0.2) is 73.1 Å². The van der Waals surface area contributed by atoms with Gasteiger partial charge in [0, 0.05) is 29.6 Å². The smallest absolute Gasteiger partial charge is 0.274 e. The van der Waals surface area contributed by atoms with Crippen LogP contribution in [0.4, 0.5) is 0 Å². The number of hydrogen-bond donors (Lipinski definition) is 2. The van der Waals surface area contributed by atoms with Gasteiger partial charge in [0.25, 0.3) is 11.8 Å². The van der Waals surface area contributed by atoms with Gasteiger partial charge in [0.2, 0.25) is 5.91 Å². The lowest BCUT2D eigenvalue weighted by Gasteiger charge is -2.39. The Morgan fingerprint density at radius 2 is 1.62 bits per heavy atom. The lowest BCUT2D eigenvalue weighted by atomic mass is 9.85. The van der Waals surface area contributed by atoms with Crippen molar-refractivity contribution in [2.24, 2.45) is 5.41 Å². The number of hydrogen-bond acceptors (Lipinski definition) is 5. The van der Waals surface area contributed by atoms with Crippen molar-refractivity contribution >= 4 is 28.6 Å². The Morgan fingerprint density at radius 1 is 0.925 bits per heavy atom. The van der Waals surface area contributed by atoms with Gasteiger partial charge in [-0.1, -0.05) is 69.3 Å². The highest BCUT2D eigenvalue weighted by molar-refractivity contribution is 6.00. The number of nitrogens with zero attached hydrogens (tertiary/aromatic N) is 4. The summed E-state index contributed by atoms with van der Waals surface area (Å²) < 4.78 is 0. The van der Waals surface area contributed by atoms with Crippen molar-refractivity contribution in [1.82, 2.24) is 30.1 Å². The number of benzene rings is 2. The minimum atomic E-state index is -0.716. The maximum atomic E-state index is 13.8. The molecule has 0 aliphatic carbocycles. The van der Waals surface area contributed by atoms with Gasteiger partial charge < -0.3 is 20.1 Å². The molecule has 0 unspecified atom stereocenters. The molecule has 9 nitrogen and oxygen atoms in total. The summed E-state index contributed by atoms with van der Waals surface area (Å²) in [4.78, 5) is 55.9. The molecule has 2 aliphatic heterocycles. The van der Waals surface area contributed by atoms with E-state index in [4.69, 9.17) is 0 Å². The zero-order valence-electron chi connectivity index (χ0n) is 22.8. The summed E-state index contributed by atoms with van der Waals surface area (Å²) in [6.07, 6.45) is 3.85. The van der Waals surface area contributed by atoms with E-state index >= 15 is 0 Å². The fraction of sp³-hybridized carbons (Fsp3) is 0.323. The highest BCUT2D eigenvalue weighted by atomic mass is 16.2. The van der Waals surface area contributed by atoms with Crippen LogP contribution in [0, 0.1) is 5.41 Å². The molecule has 40 heavy (non-hydrogen) atoms. The summed E-state index contributed by atoms with van der Waals surface area (Å²) in [6.45, 7) is 6.71. The highest BCUT2D eigenvalue weighted by Crippen LogP contribution is 2.34. The van der Waals surface area contributed by atoms with E-state index in [-0.39, 0.29) is 29.8 Å². The fourth-order valence-corrected chi connectivity index (χ4v) is 5.75. The number of para-hydroxylation sites is 1. The van der Waals surface area contributed by atoms with Gasteiger partial charge in [-0.3, -0.25) is 19.4 Å². The van der Waals surface area contributed by atoms with Crippen molar-refractivity contribution in [3.05, 3.63) is 84.4 Å². The molecule has 3 amide bonds. The number of nitrogens with one attached hydrogen (secondary N) is 2. The zero-order valence-corrected chi connectivity index (χ0v) is 22.8. The van der Waals surface area contributed by atoms with Crippen LogP contribution < -0.4 is 5.32 Å². The second-order valence-corrected chi connectivity index (χ2v) is 11.7. The molecule has 0 radical (unpaired) electrons. The first-order valence-electron chi connectivity index (χ1n) is 13.6. The van der Waals surface area contributed by atoms with Crippen LogP contribution in [0.2, 0.25) is 0 Å². The molecule has 2 fully saturated rings. The van der Waals surface area contributed by atoms with Gasteiger partial charge in [-0.25, -0.2) is 4.98 Å². The van der Waals surface area contributed by atoms with Crippen LogP contribution in [0.1, 0.15) is 48.2 Å². The molecule has 2 aromatic carbocycles. The van der Waals surface area contributed by atoms with E-state index in [2.05, 4.69) is 20.3 Å². The Kier molecular flexibility index (Phi) is 6.37. The van der Waals surface area contributed by atoms with Crippen molar-refractivity contribution in [3.63, 3.8) is 0 Å². The van der Waals surface area contributed by atoms with Crippen LogP contribution in [0.5, 0.6) is 0 Å². The molecule has 9 heteroatoms. The highest BCUT2D eigenvalue weighted by Gasteiger charge is 2.50. The number of piperazine rings is 1. The van der Waals surface area contributed by atoms with E-state index in [1.165, 1.54) is 6.20 Å². The number of fused-ring (bicyclic) bond motifs is 3. The minimum Gasteiger partial charge on any atom is -0.351 e. The number of rotatable bonds is 5. The van der Waals surface area contributed by atoms with E-state index in [1.807, 2.05) is 80.3 Å². The Hall–Kier alpha value is -4.53. The Balaban J connectivity index is 1.13. The van der Waals surface area contributed by atoms with E-state index < -0.39 is 11.5 Å². The van der Waals surface area contributed by atoms with Gasteiger partial charge in [-0.2, -0.15) is 0 Å². The first-order valence-corrected chi connectivity index (χ1v) is 13.6. The molecular formula is C31H32N6O3. The normalized spacial score (nSPS) is 19.2. The number of carbonyl (C=O) groups is 3. The van der Waals surface area contributed by atoms with Gasteiger partial charge in [-0.15, -0.1) is 0 Å². The first-order chi connectivity index (χ1) is 19.2. The summed E-state index contributed by atoms with van der Waals surface area (Å²) in [5.41, 5.74) is 2.72. The molecule has 2 aromatic heterocycles. The van der Waals surface area contributed by atoms with Gasteiger partial charge in [-0.05, 0) is 24.0 Å². The summed E-state index contributed by atoms with van der Waals surface area (Å²) >= 11 is 0. The number of H-pyrrole nitrogens is 1. The lowest BCUT2D eigenvalue weighted by Crippen LogP contribution is -2.59. The van der Waals surface area contributed by atoms with Crippen LogP contribution >= 0.6 is 0 Å². The van der Waals surface area contributed by atoms with Crippen molar-refractivity contribution in [3.8, 4) is 11.3 Å². The van der Waals surface area contributed by atoms with Gasteiger partial charge in [0.05, 0.1) is 30.2 Å². The number of amides is 3. The Morgan fingerprint density at radius 3 is 2.27 bits per heavy atom. The number of aromatic nitrogens is 3. The third-order valence-electron chi connectivity index (χ3n) is 7.89. The first kappa shape index (κ1) is 25.7. The number of carbonyl (C=O) groups excluding carboxylic acids is 3. The molecule has 0 saturated carbocycles. The summed E-state index contributed by atoms with van der Waals surface area (Å²) in [6, 6.07) is 18.3. The fourth-order valence-electron chi connectivity index (χ4n) is 5.75. The Labute approximate surface area is 232 Å². The maximum Gasteiger partial charge on any atom is 0.274 e. The standard InChI is InChI=1S/C31H32N6O3/c1-31(2,3)27(35-28(38)24-13-20-11-7-8-12-23(20)34-24)30(40)37-18-21-14-22(37)17-36(21)29(39)26-16-32-25(15-33-26)19-9-5-4-6-10-19/h4-13,15-16,21-22,27,34H,14,17-18H2,1-3H3,(H,35,38)/t21-,22-,27+/m0/s1. The average molecular weight is 537 g/mol. The minimum absolute atomic E-state index is 0.0953. The van der Waals surface area contributed by atoms with Crippen LogP contribution in [0.3, 0.4) is 0 Å². The molecule has 2 bridgehead atoms. The molecule has 2 aliphatic rings. The molecule has 4 aromatic rings. The molecule has 204 valence electrons. The predicted octanol–water partition coefficient (Wildman–Crippen LogP) is 3.89. The van der Waals surface area contributed by atoms with Gasteiger partial charge in [0.15, 0.2) is 0 Å². The third kappa shape index (κ3) is 4.72. The van der Waals surface area contributed by atoms with Crippen molar-refractivity contribution in [1.29, 1.82) is 0 Å². The van der Waals surface area contributed by atoms with Gasteiger partial charge >= 0.3 is 0 Å². The molecule has 4 heterocycles. The van der Waals surface area contributed by atoms with E-state index in [9.17, 15) is 14.4 Å². The molecule has 0 spiro atoms. The SMILES string of the molecule is CC(C)(C)[C@H](NC(=O)c1cc2ccccc2[nH]1)C(=O)N1C[C@@H]2C[C@H]1CN2C(=O)c1cnc(-c2ccccc2)cn1. The molecule has 2 N–H and O–H groups in total. The van der Waals surface area contributed by atoms with Gasteiger partial charge in [0.1, 0.15) is 17.4 Å². The third-order valence-corrected chi connectivity index (χ3v) is 7.89. The monoisotopic (exact) mass is 536 g/mol. The second-order valence-electron chi connectivity index (χ2n) is 11.7. The van der Waals surface area contributed by atoms with Crippen molar-refractivity contribution in [2.45, 2.75) is 45.3 Å².